The second-order valence-electron chi connectivity index (χ2n) is 8.69. The van der Waals surface area contributed by atoms with Crippen LogP contribution in [0.15, 0.2) is 47.2 Å². The number of aromatic nitrogens is 3. The third-order valence-corrected chi connectivity index (χ3v) is 8.45. The van der Waals surface area contributed by atoms with E-state index in [4.69, 9.17) is 8.85 Å². The Morgan fingerprint density at radius 1 is 1.13 bits per heavy atom. The number of nitrogens with one attached hydrogen (secondary N) is 2. The van der Waals surface area contributed by atoms with Crippen LogP contribution in [0.5, 0.6) is 5.75 Å². The van der Waals surface area contributed by atoms with Gasteiger partial charge in [0, 0.05) is 45.8 Å². The maximum absolute atomic E-state index is 12.9. The second kappa shape index (κ2) is 11.7. The van der Waals surface area contributed by atoms with Crippen molar-refractivity contribution in [1.82, 2.24) is 15.0 Å². The van der Waals surface area contributed by atoms with Gasteiger partial charge in [0.15, 0.2) is 17.4 Å². The highest BCUT2D eigenvalue weighted by Crippen LogP contribution is 2.38. The van der Waals surface area contributed by atoms with Crippen molar-refractivity contribution in [3.8, 4) is 17.0 Å². The van der Waals surface area contributed by atoms with E-state index in [-0.39, 0.29) is 34.7 Å². The van der Waals surface area contributed by atoms with Gasteiger partial charge in [0.2, 0.25) is 5.91 Å². The Labute approximate surface area is 227 Å². The first-order chi connectivity index (χ1) is 19.4. The molecule has 1 saturated carbocycles. The summed E-state index contributed by atoms with van der Waals surface area (Å²) >= 11 is 0. The van der Waals surface area contributed by atoms with E-state index in [9.17, 15) is 13.8 Å². The van der Waals surface area contributed by atoms with Gasteiger partial charge in [-0.1, -0.05) is 26.8 Å². The Morgan fingerprint density at radius 2 is 1.92 bits per heavy atom. The predicted molar refractivity (Wildman–Crippen MR) is 149 cm³/mol. The average molecular weight is 540 g/mol. The third kappa shape index (κ3) is 6.16. The standard InChI is InChI=1S/C27H32N6O4S/c1-5-23(34)19-14-29-24(32-27(35)17-11-12-17)13-21(19)31-20-10-8-9-18(26(20)37-4)22-15-30-25(16-28-22)33-38(36,6-2)7-3/h8-10,13-17H,5-7,11-12H2,1-4H3,(H2,29,31,32,35)/i1D3. The smallest absolute Gasteiger partial charge is 0.228 e. The van der Waals surface area contributed by atoms with Gasteiger partial charge < -0.3 is 15.4 Å². The van der Waals surface area contributed by atoms with Crippen molar-refractivity contribution in [3.05, 3.63) is 48.4 Å². The summed E-state index contributed by atoms with van der Waals surface area (Å²) in [4.78, 5) is 38.2. The van der Waals surface area contributed by atoms with Crippen molar-refractivity contribution < 1.29 is 22.6 Å². The van der Waals surface area contributed by atoms with E-state index in [0.29, 0.717) is 34.2 Å². The van der Waals surface area contributed by atoms with Gasteiger partial charge in [0.25, 0.3) is 0 Å². The highest BCUT2D eigenvalue weighted by molar-refractivity contribution is 7.93. The molecular formula is C27H32N6O4S. The maximum Gasteiger partial charge on any atom is 0.228 e. The normalized spacial score (nSPS) is 14.6. The molecule has 0 unspecified atom stereocenters. The highest BCUT2D eigenvalue weighted by atomic mass is 32.2. The molecule has 11 heteroatoms. The number of para-hydroxylation sites is 1. The number of anilines is 3. The summed E-state index contributed by atoms with van der Waals surface area (Å²) in [5.41, 5.74) is 1.81. The number of ether oxygens (including phenoxy) is 1. The van der Waals surface area contributed by atoms with Gasteiger partial charge in [-0.3, -0.25) is 14.6 Å². The summed E-state index contributed by atoms with van der Waals surface area (Å²) in [6, 6.07) is 6.74. The number of amides is 1. The van der Waals surface area contributed by atoms with Crippen molar-refractivity contribution in [2.24, 2.45) is 10.3 Å². The van der Waals surface area contributed by atoms with E-state index in [2.05, 4.69) is 29.9 Å². The molecule has 2 heterocycles. The molecule has 10 nitrogen and oxygen atoms in total. The van der Waals surface area contributed by atoms with Gasteiger partial charge in [-0.25, -0.2) is 14.2 Å². The molecule has 4 rings (SSSR count). The molecule has 3 aromatic rings. The van der Waals surface area contributed by atoms with Crippen LogP contribution in [0.4, 0.5) is 23.0 Å². The number of rotatable bonds is 11. The van der Waals surface area contributed by atoms with Crippen molar-refractivity contribution >= 4 is 44.4 Å². The Morgan fingerprint density at radius 3 is 2.55 bits per heavy atom. The quantitative estimate of drug-likeness (QED) is 0.310. The lowest BCUT2D eigenvalue weighted by Crippen LogP contribution is -2.15. The van der Waals surface area contributed by atoms with Crippen LogP contribution in [-0.2, 0) is 14.5 Å². The van der Waals surface area contributed by atoms with Gasteiger partial charge in [0.1, 0.15) is 5.82 Å². The summed E-state index contributed by atoms with van der Waals surface area (Å²) in [5, 5.41) is 5.91. The number of benzene rings is 1. The fraction of sp³-hybridized carbons (Fsp3) is 0.370. The number of Topliss-reactive ketones (excluding diaryl/α,β-unsaturated/α-hetero) is 1. The van der Waals surface area contributed by atoms with Gasteiger partial charge in [-0.2, -0.15) is 4.36 Å². The zero-order valence-corrected chi connectivity index (χ0v) is 22.3. The molecule has 0 aliphatic heterocycles. The first-order valence-corrected chi connectivity index (χ1v) is 14.1. The average Bonchev–Trinajstić information content (AvgIpc) is 3.78. The second-order valence-corrected chi connectivity index (χ2v) is 11.6. The number of carbonyl (C=O) groups excluding carboxylic acids is 2. The minimum absolute atomic E-state index is 0.0548. The molecule has 0 bridgehead atoms. The SMILES string of the molecule is [2H]C([2H])([2H])CC(=O)c1cnc(NC(=O)C2CC2)cc1Nc1cccc(-c2cnc(N=S(=O)(CC)CC)cn2)c1OC. The lowest BCUT2D eigenvalue weighted by atomic mass is 10.1. The molecule has 0 atom stereocenters. The molecule has 0 saturated heterocycles. The lowest BCUT2D eigenvalue weighted by molar-refractivity contribution is -0.117. The molecule has 200 valence electrons. The minimum Gasteiger partial charge on any atom is -0.494 e. The number of carbonyl (C=O) groups is 2. The van der Waals surface area contributed by atoms with Gasteiger partial charge >= 0.3 is 0 Å². The van der Waals surface area contributed by atoms with Crippen LogP contribution in [0.25, 0.3) is 11.3 Å². The Balaban J connectivity index is 1.70. The summed E-state index contributed by atoms with van der Waals surface area (Å²) in [6.45, 7) is 1.16. The molecule has 2 N–H and O–H groups in total. The summed E-state index contributed by atoms with van der Waals surface area (Å²) in [5.74, 6) is 0.850. The monoisotopic (exact) mass is 539 g/mol. The fourth-order valence-corrected chi connectivity index (χ4v) is 4.83. The van der Waals surface area contributed by atoms with Crippen molar-refractivity contribution in [2.45, 2.75) is 40.0 Å². The topological polar surface area (TPSA) is 136 Å². The van der Waals surface area contributed by atoms with E-state index in [1.807, 2.05) is 13.8 Å². The molecule has 38 heavy (non-hydrogen) atoms. The largest absolute Gasteiger partial charge is 0.494 e. The molecule has 1 aliphatic carbocycles. The molecule has 1 amide bonds. The maximum atomic E-state index is 12.9. The minimum atomic E-state index is -2.47. The van der Waals surface area contributed by atoms with Crippen molar-refractivity contribution in [2.75, 3.05) is 29.2 Å². The zero-order valence-electron chi connectivity index (χ0n) is 24.5. The van der Waals surface area contributed by atoms with Gasteiger partial charge in [-0.15, -0.1) is 0 Å². The highest BCUT2D eigenvalue weighted by Gasteiger charge is 2.30. The number of hydrogen-bond donors (Lipinski definition) is 2. The van der Waals surface area contributed by atoms with Gasteiger partial charge in [0.05, 0.1) is 51.9 Å². The van der Waals surface area contributed by atoms with Gasteiger partial charge in [-0.05, 0) is 25.0 Å². The molecule has 1 aromatic carbocycles. The molecule has 1 fully saturated rings. The van der Waals surface area contributed by atoms with Crippen LogP contribution < -0.4 is 15.4 Å². The van der Waals surface area contributed by atoms with E-state index >= 15 is 0 Å². The molecule has 2 aromatic heterocycles. The Hall–Kier alpha value is -3.86. The van der Waals surface area contributed by atoms with Crippen molar-refractivity contribution in [3.63, 3.8) is 0 Å². The van der Waals surface area contributed by atoms with E-state index in [1.165, 1.54) is 31.8 Å². The first-order valence-electron chi connectivity index (χ1n) is 13.8. The molecule has 1 aliphatic rings. The van der Waals surface area contributed by atoms with E-state index in [0.717, 1.165) is 12.8 Å². The fourth-order valence-electron chi connectivity index (χ4n) is 3.73. The molecule has 0 radical (unpaired) electrons. The summed E-state index contributed by atoms with van der Waals surface area (Å²) in [7, 11) is -0.912. The molecular weight excluding hydrogens is 504 g/mol. The summed E-state index contributed by atoms with van der Waals surface area (Å²) in [6.07, 6.45) is 5.16. The van der Waals surface area contributed by atoms with Crippen LogP contribution in [0, 0.1) is 5.92 Å². The van der Waals surface area contributed by atoms with Crippen LogP contribution in [0.1, 0.15) is 54.4 Å². The number of pyridine rings is 1. The number of nitrogens with zero attached hydrogens (tertiary/aromatic N) is 4. The van der Waals surface area contributed by atoms with E-state index in [1.54, 1.807) is 18.2 Å². The summed E-state index contributed by atoms with van der Waals surface area (Å²) < 4.78 is 45.2. The number of methoxy groups -OCH3 is 1. The number of ketones is 1. The zero-order chi connectivity index (χ0) is 29.8. The first kappa shape index (κ1) is 23.3. The van der Waals surface area contributed by atoms with Crippen LogP contribution in [0.2, 0.25) is 0 Å². The van der Waals surface area contributed by atoms with Crippen LogP contribution >= 0.6 is 0 Å². The van der Waals surface area contributed by atoms with Crippen molar-refractivity contribution in [1.29, 1.82) is 0 Å². The number of hydrogen-bond acceptors (Lipinski definition) is 9. The third-order valence-electron chi connectivity index (χ3n) is 6.13. The lowest BCUT2D eigenvalue weighted by Gasteiger charge is -2.17. The van der Waals surface area contributed by atoms with Crippen LogP contribution in [0.3, 0.4) is 0 Å². The predicted octanol–water partition coefficient (Wildman–Crippen LogP) is 5.37. The van der Waals surface area contributed by atoms with Crippen LogP contribution in [-0.4, -0.2) is 49.5 Å². The molecule has 0 spiro atoms. The Kier molecular flexibility index (Phi) is 7.15. The Bertz CT molecular complexity index is 1560. The van der Waals surface area contributed by atoms with E-state index < -0.39 is 28.8 Å².